The molecule has 0 saturated heterocycles. The molecular formula is C2H8N2O5S. The average molecular weight is 172 g/mol. The Morgan fingerprint density at radius 2 is 1.80 bits per heavy atom. The van der Waals surface area contributed by atoms with Gasteiger partial charge in [0.05, 0.1) is 0 Å². The van der Waals surface area contributed by atoms with E-state index in [1.807, 2.05) is 0 Å². The normalized spacial score (nSPS) is 9.80. The highest BCUT2D eigenvalue weighted by Crippen LogP contribution is 1.90. The van der Waals surface area contributed by atoms with Crippen LogP contribution in [0, 0.1) is 0 Å². The van der Waals surface area contributed by atoms with E-state index in [9.17, 15) is 13.2 Å². The van der Waals surface area contributed by atoms with E-state index in [0.717, 1.165) is 7.05 Å². The van der Waals surface area contributed by atoms with Crippen molar-refractivity contribution < 1.29 is 22.9 Å². The summed E-state index contributed by atoms with van der Waals surface area (Å²) in [6, 6.07) is 0. The van der Waals surface area contributed by atoms with E-state index in [0.29, 0.717) is 0 Å². The third-order valence-electron chi connectivity index (χ3n) is 0.615. The number of nitrogens with zero attached hydrogens (tertiary/aromatic N) is 1. The Bertz CT molecular complexity index is 208. The highest BCUT2D eigenvalue weighted by Gasteiger charge is 2.18. The molecule has 0 aromatic rings. The van der Waals surface area contributed by atoms with Crippen molar-refractivity contribution in [2.45, 2.75) is 0 Å². The molecule has 7 nitrogen and oxygen atoms in total. The molecule has 0 fully saturated rings. The lowest BCUT2D eigenvalue weighted by Gasteiger charge is -2.05. The van der Waals surface area contributed by atoms with Crippen LogP contribution >= 0.6 is 0 Å². The molecule has 0 rings (SSSR count). The van der Waals surface area contributed by atoms with Crippen molar-refractivity contribution >= 4 is 16.4 Å². The van der Waals surface area contributed by atoms with Gasteiger partial charge >= 0.3 is 16.4 Å². The molecule has 0 aromatic carbocycles. The van der Waals surface area contributed by atoms with Crippen molar-refractivity contribution in [3.05, 3.63) is 0 Å². The minimum Gasteiger partial charge on any atom is -0.464 e. The summed E-state index contributed by atoms with van der Waals surface area (Å²) in [5.74, 6) is 0. The minimum absolute atomic E-state index is 0. The van der Waals surface area contributed by atoms with Crippen molar-refractivity contribution in [2.24, 2.45) is 0 Å². The van der Waals surface area contributed by atoms with Crippen molar-refractivity contribution in [1.82, 2.24) is 10.5 Å². The van der Waals surface area contributed by atoms with Crippen LogP contribution in [0.3, 0.4) is 0 Å². The Balaban J connectivity index is 0. The van der Waals surface area contributed by atoms with Gasteiger partial charge in [-0.2, -0.15) is 12.7 Å². The molecule has 0 bridgehead atoms. The molecule has 0 heterocycles. The van der Waals surface area contributed by atoms with Crippen LogP contribution in [0.25, 0.3) is 0 Å². The topological polar surface area (TPSA) is 130 Å². The van der Waals surface area contributed by atoms with E-state index in [1.165, 1.54) is 0 Å². The van der Waals surface area contributed by atoms with Gasteiger partial charge < -0.3 is 11.3 Å². The van der Waals surface area contributed by atoms with Gasteiger partial charge in [0.15, 0.2) is 0 Å². The van der Waals surface area contributed by atoms with Crippen LogP contribution in [0.15, 0.2) is 0 Å². The molecule has 62 valence electrons. The van der Waals surface area contributed by atoms with Gasteiger partial charge in [-0.15, -0.1) is 0 Å². The lowest BCUT2D eigenvalue weighted by atomic mass is 11.1. The second-order valence-corrected chi connectivity index (χ2v) is 2.67. The van der Waals surface area contributed by atoms with Crippen molar-refractivity contribution in [3.63, 3.8) is 0 Å². The first-order valence-electron chi connectivity index (χ1n) is 1.80. The second-order valence-electron chi connectivity index (χ2n) is 1.23. The van der Waals surface area contributed by atoms with Crippen LogP contribution in [0.4, 0.5) is 4.79 Å². The van der Waals surface area contributed by atoms with Crippen LogP contribution in [0.2, 0.25) is 0 Å². The molecule has 1 amide bonds. The maximum absolute atomic E-state index is 9.87. The quantitative estimate of drug-likeness (QED) is 0.459. The van der Waals surface area contributed by atoms with Gasteiger partial charge in [-0.3, -0.25) is 4.55 Å². The van der Waals surface area contributed by atoms with Crippen molar-refractivity contribution in [3.8, 4) is 0 Å². The summed E-state index contributed by atoms with van der Waals surface area (Å²) in [6.07, 6.45) is -1.72. The molecule has 0 aliphatic heterocycles. The Hall–Kier alpha value is -0.860. The SMILES string of the molecule is CN(C(=O)O)S(=O)(=O)O.N. The zero-order valence-corrected chi connectivity index (χ0v) is 6.00. The lowest BCUT2D eigenvalue weighted by Crippen LogP contribution is -2.30. The van der Waals surface area contributed by atoms with Crippen LogP contribution in [-0.2, 0) is 10.3 Å². The molecule has 0 aromatic heterocycles. The standard InChI is InChI=1S/C2H5NO5S.H3N/c1-3(2(4)5)9(6,7)8;/h1H3,(H,4,5)(H,6,7,8);1H3. The van der Waals surface area contributed by atoms with Gasteiger partial charge in [0.1, 0.15) is 0 Å². The zero-order valence-electron chi connectivity index (χ0n) is 5.18. The summed E-state index contributed by atoms with van der Waals surface area (Å²) in [7, 11) is -3.85. The monoisotopic (exact) mass is 172 g/mol. The zero-order chi connectivity index (χ0) is 7.65. The molecule has 0 atom stereocenters. The second kappa shape index (κ2) is 3.34. The fourth-order valence-corrected chi connectivity index (χ4v) is 0.296. The van der Waals surface area contributed by atoms with E-state index in [4.69, 9.17) is 9.66 Å². The Morgan fingerprint density at radius 3 is 1.80 bits per heavy atom. The number of carboxylic acid groups (broad SMARTS) is 1. The summed E-state index contributed by atoms with van der Waals surface area (Å²) in [6.45, 7) is 0. The highest BCUT2D eigenvalue weighted by molar-refractivity contribution is 7.83. The molecule has 5 N–H and O–H groups in total. The van der Waals surface area contributed by atoms with Gasteiger partial charge in [0, 0.05) is 7.05 Å². The number of hydrogen-bond acceptors (Lipinski definition) is 4. The van der Waals surface area contributed by atoms with E-state index >= 15 is 0 Å². The summed E-state index contributed by atoms with van der Waals surface area (Å²) >= 11 is 0. The number of rotatable bonds is 1. The van der Waals surface area contributed by atoms with E-state index in [1.54, 1.807) is 0 Å². The van der Waals surface area contributed by atoms with Crippen LogP contribution in [-0.4, -0.2) is 35.5 Å². The maximum Gasteiger partial charge on any atom is 0.422 e. The van der Waals surface area contributed by atoms with Gasteiger partial charge in [-0.1, -0.05) is 0 Å². The van der Waals surface area contributed by atoms with Gasteiger partial charge in [0.25, 0.3) is 0 Å². The van der Waals surface area contributed by atoms with Crippen LogP contribution in [0.5, 0.6) is 0 Å². The third-order valence-corrected chi connectivity index (χ3v) is 1.46. The summed E-state index contributed by atoms with van der Waals surface area (Å²) < 4.78 is 27.5. The molecule has 0 saturated carbocycles. The molecular weight excluding hydrogens is 164 g/mol. The van der Waals surface area contributed by atoms with Crippen LogP contribution in [0.1, 0.15) is 0 Å². The highest BCUT2D eigenvalue weighted by atomic mass is 32.2. The van der Waals surface area contributed by atoms with E-state index in [2.05, 4.69) is 0 Å². The fraction of sp³-hybridized carbons (Fsp3) is 0.500. The van der Waals surface area contributed by atoms with Crippen molar-refractivity contribution in [1.29, 1.82) is 0 Å². The average Bonchev–Trinajstić information content (AvgIpc) is 1.62. The summed E-state index contributed by atoms with van der Waals surface area (Å²) in [5.41, 5.74) is 0. The van der Waals surface area contributed by atoms with Crippen molar-refractivity contribution in [2.75, 3.05) is 7.05 Å². The fourth-order valence-electron chi connectivity index (χ4n) is 0.0987. The van der Waals surface area contributed by atoms with E-state index in [-0.39, 0.29) is 10.5 Å². The first-order valence-corrected chi connectivity index (χ1v) is 3.19. The Morgan fingerprint density at radius 1 is 1.50 bits per heavy atom. The minimum atomic E-state index is -4.57. The summed E-state index contributed by atoms with van der Waals surface area (Å²) in [5, 5.41) is 7.90. The first-order chi connectivity index (χ1) is 3.85. The summed E-state index contributed by atoms with van der Waals surface area (Å²) in [4.78, 5) is 9.73. The molecule has 0 aliphatic carbocycles. The molecule has 8 heteroatoms. The third kappa shape index (κ3) is 3.22. The Kier molecular flexibility index (Phi) is 3.97. The molecule has 0 radical (unpaired) electrons. The number of amides is 1. The number of carbonyl (C=O) groups is 1. The predicted octanol–water partition coefficient (Wildman–Crippen LogP) is -0.439. The molecule has 0 spiro atoms. The van der Waals surface area contributed by atoms with E-state index < -0.39 is 16.4 Å². The van der Waals surface area contributed by atoms with Gasteiger partial charge in [0.2, 0.25) is 0 Å². The maximum atomic E-state index is 9.87. The van der Waals surface area contributed by atoms with Gasteiger partial charge in [-0.05, 0) is 0 Å². The molecule has 0 aliphatic rings. The molecule has 10 heavy (non-hydrogen) atoms. The lowest BCUT2D eigenvalue weighted by molar-refractivity contribution is 0.175. The smallest absolute Gasteiger partial charge is 0.422 e. The molecule has 0 unspecified atom stereocenters. The van der Waals surface area contributed by atoms with Gasteiger partial charge in [-0.25, -0.2) is 4.79 Å². The largest absolute Gasteiger partial charge is 0.464 e. The number of hydrogen-bond donors (Lipinski definition) is 3. The van der Waals surface area contributed by atoms with Crippen LogP contribution < -0.4 is 6.15 Å². The predicted molar refractivity (Wildman–Crippen MR) is 32.4 cm³/mol. The Labute approximate surface area is 57.7 Å². The first kappa shape index (κ1) is 11.9.